The number of aromatic nitrogens is 1. The predicted molar refractivity (Wildman–Crippen MR) is 69.4 cm³/mol. The maximum atomic E-state index is 11.9. The molecule has 0 saturated heterocycles. The summed E-state index contributed by atoms with van der Waals surface area (Å²) in [5, 5.41) is 3.19. The summed E-state index contributed by atoms with van der Waals surface area (Å²) in [5.41, 5.74) is 5.77. The molecule has 92 valence electrons. The predicted octanol–water partition coefficient (Wildman–Crippen LogP) is 1.61. The van der Waals surface area contributed by atoms with Crippen molar-refractivity contribution >= 4 is 22.4 Å². The zero-order valence-corrected chi connectivity index (χ0v) is 10.5. The number of nitrogens with two attached hydrogens (primary N) is 1. The number of aryl methyl sites for hydroxylation is 1. The van der Waals surface area contributed by atoms with E-state index in [1.165, 1.54) is 17.6 Å². The number of rotatable bonds is 2. The van der Waals surface area contributed by atoms with Crippen LogP contribution in [0, 0.1) is 18.8 Å². The van der Waals surface area contributed by atoms with Gasteiger partial charge < -0.3 is 10.2 Å². The molecule has 0 aromatic carbocycles. The number of furan rings is 1. The number of hydrogen-bond donors (Lipinski definition) is 2. The molecule has 0 aliphatic rings. The molecular weight excluding hydrogens is 250 g/mol. The number of nitrogens with zero attached hydrogens (tertiary/aromatic N) is 1. The average molecular weight is 261 g/mol. The minimum atomic E-state index is -0.242. The maximum Gasteiger partial charge on any atom is 0.260 e. The fraction of sp³-hybridized carbons (Fsp3) is 0.167. The van der Waals surface area contributed by atoms with Crippen LogP contribution in [0.3, 0.4) is 0 Å². The summed E-state index contributed by atoms with van der Waals surface area (Å²) in [5.74, 6) is 5.92. The summed E-state index contributed by atoms with van der Waals surface area (Å²) in [6.45, 7) is 2.03. The summed E-state index contributed by atoms with van der Waals surface area (Å²) in [6.07, 6.45) is 3.08. The summed E-state index contributed by atoms with van der Waals surface area (Å²) >= 11 is 1.30. The van der Waals surface area contributed by atoms with Crippen LogP contribution in [0.5, 0.6) is 0 Å². The SMILES string of the molecule is Cc1occc1C(=O)Nc1ncc(C#CCN)s1. The van der Waals surface area contributed by atoms with Crippen molar-refractivity contribution in [2.45, 2.75) is 6.92 Å². The Bertz CT molecular complexity index is 619. The van der Waals surface area contributed by atoms with Crippen molar-refractivity contribution in [2.75, 3.05) is 11.9 Å². The third-order valence-corrected chi connectivity index (χ3v) is 2.97. The molecule has 0 spiro atoms. The van der Waals surface area contributed by atoms with E-state index in [1.807, 2.05) is 0 Å². The Morgan fingerprint density at radius 3 is 3.17 bits per heavy atom. The highest BCUT2D eigenvalue weighted by molar-refractivity contribution is 7.16. The van der Waals surface area contributed by atoms with Crippen molar-refractivity contribution in [3.05, 3.63) is 34.7 Å². The molecule has 0 aliphatic carbocycles. The first-order valence-corrected chi connectivity index (χ1v) is 6.02. The molecule has 0 radical (unpaired) electrons. The minimum Gasteiger partial charge on any atom is -0.469 e. The number of nitrogens with one attached hydrogen (secondary N) is 1. The molecule has 0 atom stereocenters. The van der Waals surface area contributed by atoms with Gasteiger partial charge in [0.15, 0.2) is 5.13 Å². The van der Waals surface area contributed by atoms with Crippen molar-refractivity contribution in [1.29, 1.82) is 0 Å². The van der Waals surface area contributed by atoms with Crippen LogP contribution in [0.4, 0.5) is 5.13 Å². The zero-order chi connectivity index (χ0) is 13.0. The van der Waals surface area contributed by atoms with Crippen LogP contribution in [-0.2, 0) is 0 Å². The Kier molecular flexibility index (Phi) is 3.77. The standard InChI is InChI=1S/C12H11N3O2S/c1-8-10(4-6-17-8)11(16)15-12-14-7-9(18-12)3-2-5-13/h4,6-7H,5,13H2,1H3,(H,14,15,16). The molecule has 0 aliphatic heterocycles. The van der Waals surface area contributed by atoms with Gasteiger partial charge in [0, 0.05) is 0 Å². The van der Waals surface area contributed by atoms with Crippen molar-refractivity contribution in [2.24, 2.45) is 5.73 Å². The van der Waals surface area contributed by atoms with E-state index in [1.54, 1.807) is 19.2 Å². The molecule has 0 fully saturated rings. The molecule has 2 rings (SSSR count). The van der Waals surface area contributed by atoms with Gasteiger partial charge in [-0.25, -0.2) is 4.98 Å². The number of thiazole rings is 1. The van der Waals surface area contributed by atoms with Gasteiger partial charge in [0.1, 0.15) is 5.76 Å². The number of carbonyl (C=O) groups excluding carboxylic acids is 1. The number of anilines is 1. The van der Waals surface area contributed by atoms with E-state index in [0.717, 1.165) is 4.88 Å². The van der Waals surface area contributed by atoms with Crippen molar-refractivity contribution in [3.63, 3.8) is 0 Å². The smallest absolute Gasteiger partial charge is 0.260 e. The highest BCUT2D eigenvalue weighted by Gasteiger charge is 2.12. The van der Waals surface area contributed by atoms with Crippen molar-refractivity contribution in [1.82, 2.24) is 4.98 Å². The van der Waals surface area contributed by atoms with E-state index in [9.17, 15) is 4.79 Å². The third-order valence-electron chi connectivity index (χ3n) is 2.14. The van der Waals surface area contributed by atoms with Crippen molar-refractivity contribution < 1.29 is 9.21 Å². The lowest BCUT2D eigenvalue weighted by Crippen LogP contribution is -2.11. The number of hydrogen-bond acceptors (Lipinski definition) is 5. The topological polar surface area (TPSA) is 81.2 Å². The van der Waals surface area contributed by atoms with Crippen LogP contribution in [0.2, 0.25) is 0 Å². The van der Waals surface area contributed by atoms with Crippen LogP contribution in [0.1, 0.15) is 21.0 Å². The molecule has 0 unspecified atom stereocenters. The largest absolute Gasteiger partial charge is 0.469 e. The molecule has 3 N–H and O–H groups in total. The van der Waals surface area contributed by atoms with Gasteiger partial charge in [0.2, 0.25) is 0 Å². The van der Waals surface area contributed by atoms with Crippen LogP contribution in [0.25, 0.3) is 0 Å². The second kappa shape index (κ2) is 5.49. The molecule has 2 aromatic heterocycles. The summed E-state index contributed by atoms with van der Waals surface area (Å²) in [7, 11) is 0. The van der Waals surface area contributed by atoms with E-state index in [2.05, 4.69) is 22.1 Å². The summed E-state index contributed by atoms with van der Waals surface area (Å²) in [6, 6.07) is 1.62. The van der Waals surface area contributed by atoms with E-state index in [4.69, 9.17) is 10.2 Å². The fourth-order valence-corrected chi connectivity index (χ4v) is 2.00. The second-order valence-electron chi connectivity index (χ2n) is 3.38. The molecule has 2 heterocycles. The molecule has 1 amide bonds. The van der Waals surface area contributed by atoms with Gasteiger partial charge in [0.25, 0.3) is 5.91 Å². The van der Waals surface area contributed by atoms with Gasteiger partial charge in [-0.15, -0.1) is 0 Å². The Morgan fingerprint density at radius 1 is 1.67 bits per heavy atom. The first-order chi connectivity index (χ1) is 8.70. The molecule has 2 aromatic rings. The normalized spacial score (nSPS) is 9.67. The Morgan fingerprint density at radius 2 is 2.50 bits per heavy atom. The molecule has 0 bridgehead atoms. The summed E-state index contributed by atoms with van der Waals surface area (Å²) < 4.78 is 5.07. The lowest BCUT2D eigenvalue weighted by atomic mass is 10.2. The van der Waals surface area contributed by atoms with Gasteiger partial charge in [-0.1, -0.05) is 23.2 Å². The van der Waals surface area contributed by atoms with E-state index in [0.29, 0.717) is 23.0 Å². The number of carbonyl (C=O) groups is 1. The monoisotopic (exact) mass is 261 g/mol. The molecule has 0 saturated carbocycles. The Labute approximate surface area is 108 Å². The van der Waals surface area contributed by atoms with E-state index >= 15 is 0 Å². The highest BCUT2D eigenvalue weighted by Crippen LogP contribution is 2.18. The molecule has 6 heteroatoms. The quantitative estimate of drug-likeness (QED) is 0.805. The molecule has 18 heavy (non-hydrogen) atoms. The third kappa shape index (κ3) is 2.77. The van der Waals surface area contributed by atoms with Crippen LogP contribution >= 0.6 is 11.3 Å². The van der Waals surface area contributed by atoms with Gasteiger partial charge >= 0.3 is 0 Å². The molecular formula is C12H11N3O2S. The maximum absolute atomic E-state index is 11.9. The van der Waals surface area contributed by atoms with Gasteiger partial charge in [-0.3, -0.25) is 10.1 Å². The Balaban J connectivity index is 2.08. The fourth-order valence-electron chi connectivity index (χ4n) is 1.31. The Hall–Kier alpha value is -2.10. The second-order valence-corrected chi connectivity index (χ2v) is 4.41. The van der Waals surface area contributed by atoms with E-state index in [-0.39, 0.29) is 5.91 Å². The van der Waals surface area contributed by atoms with Crippen LogP contribution in [0.15, 0.2) is 22.9 Å². The van der Waals surface area contributed by atoms with E-state index < -0.39 is 0 Å². The highest BCUT2D eigenvalue weighted by atomic mass is 32.1. The lowest BCUT2D eigenvalue weighted by molar-refractivity contribution is 0.102. The van der Waals surface area contributed by atoms with Gasteiger partial charge in [0.05, 0.1) is 29.4 Å². The van der Waals surface area contributed by atoms with Crippen LogP contribution in [-0.4, -0.2) is 17.4 Å². The van der Waals surface area contributed by atoms with Crippen LogP contribution < -0.4 is 11.1 Å². The first-order valence-electron chi connectivity index (χ1n) is 5.21. The average Bonchev–Trinajstić information content (AvgIpc) is 2.95. The first kappa shape index (κ1) is 12.4. The van der Waals surface area contributed by atoms with Gasteiger partial charge in [-0.2, -0.15) is 0 Å². The van der Waals surface area contributed by atoms with Gasteiger partial charge in [-0.05, 0) is 13.0 Å². The minimum absolute atomic E-state index is 0.242. The zero-order valence-electron chi connectivity index (χ0n) is 9.69. The lowest BCUT2D eigenvalue weighted by Gasteiger charge is -1.98. The van der Waals surface area contributed by atoms with Crippen molar-refractivity contribution in [3.8, 4) is 11.8 Å². The summed E-state index contributed by atoms with van der Waals surface area (Å²) in [4.78, 5) is 16.7. The number of amides is 1. The molecule has 5 nitrogen and oxygen atoms in total.